The SMILES string of the molecule is CCC1CN(Cc2cc(Cl)ccc2N)CCN1C. The molecule has 0 radical (unpaired) electrons. The molecule has 2 rings (SSSR count). The Morgan fingerprint density at radius 1 is 1.39 bits per heavy atom. The van der Waals surface area contributed by atoms with Crippen molar-refractivity contribution in [2.45, 2.75) is 25.9 Å². The van der Waals surface area contributed by atoms with E-state index in [1.54, 1.807) is 0 Å². The zero-order chi connectivity index (χ0) is 13.1. The van der Waals surface area contributed by atoms with E-state index in [-0.39, 0.29) is 0 Å². The molecule has 1 saturated heterocycles. The van der Waals surface area contributed by atoms with Gasteiger partial charge in [0.05, 0.1) is 0 Å². The Morgan fingerprint density at radius 2 is 2.17 bits per heavy atom. The van der Waals surface area contributed by atoms with Gasteiger partial charge >= 0.3 is 0 Å². The third-order valence-electron chi connectivity index (χ3n) is 3.83. The number of nitrogens with two attached hydrogens (primary N) is 1. The smallest absolute Gasteiger partial charge is 0.0410 e. The predicted molar refractivity (Wildman–Crippen MR) is 77.9 cm³/mol. The van der Waals surface area contributed by atoms with Crippen molar-refractivity contribution in [3.05, 3.63) is 28.8 Å². The van der Waals surface area contributed by atoms with Gasteiger partial charge in [0.15, 0.2) is 0 Å². The number of nitrogen functional groups attached to an aromatic ring is 1. The van der Waals surface area contributed by atoms with Crippen LogP contribution in [-0.2, 0) is 6.54 Å². The maximum absolute atomic E-state index is 6.03. The van der Waals surface area contributed by atoms with E-state index in [1.807, 2.05) is 18.2 Å². The van der Waals surface area contributed by atoms with E-state index in [0.29, 0.717) is 6.04 Å². The molecule has 1 fully saturated rings. The van der Waals surface area contributed by atoms with Gasteiger partial charge in [0.1, 0.15) is 0 Å². The lowest BCUT2D eigenvalue weighted by Crippen LogP contribution is -2.50. The summed E-state index contributed by atoms with van der Waals surface area (Å²) in [5, 5.41) is 0.764. The highest BCUT2D eigenvalue weighted by molar-refractivity contribution is 6.30. The van der Waals surface area contributed by atoms with Gasteiger partial charge in [-0.3, -0.25) is 4.90 Å². The van der Waals surface area contributed by atoms with Crippen LogP contribution in [-0.4, -0.2) is 42.5 Å². The highest BCUT2D eigenvalue weighted by atomic mass is 35.5. The lowest BCUT2D eigenvalue weighted by molar-refractivity contribution is 0.0885. The Balaban J connectivity index is 2.03. The average molecular weight is 268 g/mol. The highest BCUT2D eigenvalue weighted by Crippen LogP contribution is 2.21. The molecule has 1 unspecified atom stereocenters. The van der Waals surface area contributed by atoms with Gasteiger partial charge in [-0.1, -0.05) is 18.5 Å². The van der Waals surface area contributed by atoms with Crippen LogP contribution in [0.3, 0.4) is 0 Å². The number of hydrogen-bond donors (Lipinski definition) is 1. The molecule has 3 nitrogen and oxygen atoms in total. The summed E-state index contributed by atoms with van der Waals surface area (Å²) in [7, 11) is 2.21. The van der Waals surface area contributed by atoms with E-state index in [9.17, 15) is 0 Å². The number of rotatable bonds is 3. The summed E-state index contributed by atoms with van der Waals surface area (Å²) in [6, 6.07) is 6.37. The monoisotopic (exact) mass is 267 g/mol. The number of nitrogens with zero attached hydrogens (tertiary/aromatic N) is 2. The molecule has 0 bridgehead atoms. The van der Waals surface area contributed by atoms with Crippen molar-refractivity contribution in [3.63, 3.8) is 0 Å². The number of halogens is 1. The van der Waals surface area contributed by atoms with Crippen LogP contribution in [0.5, 0.6) is 0 Å². The molecule has 0 aliphatic carbocycles. The standard InChI is InChI=1S/C14H22ClN3/c1-3-13-10-18(7-6-17(13)2)9-11-8-12(15)4-5-14(11)16/h4-5,8,13H,3,6-7,9-10,16H2,1-2H3. The summed E-state index contributed by atoms with van der Waals surface area (Å²) in [5.41, 5.74) is 7.99. The van der Waals surface area contributed by atoms with Gasteiger partial charge in [0.2, 0.25) is 0 Å². The zero-order valence-electron chi connectivity index (χ0n) is 11.2. The quantitative estimate of drug-likeness (QED) is 0.854. The first kappa shape index (κ1) is 13.7. The fourth-order valence-electron chi connectivity index (χ4n) is 2.55. The largest absolute Gasteiger partial charge is 0.398 e. The minimum Gasteiger partial charge on any atom is -0.398 e. The van der Waals surface area contributed by atoms with Gasteiger partial charge in [-0.05, 0) is 37.2 Å². The minimum atomic E-state index is 0.652. The first-order valence-corrected chi connectivity index (χ1v) is 6.94. The normalized spacial score (nSPS) is 22.3. The number of benzene rings is 1. The lowest BCUT2D eigenvalue weighted by Gasteiger charge is -2.39. The van der Waals surface area contributed by atoms with Crippen LogP contribution >= 0.6 is 11.6 Å². The van der Waals surface area contributed by atoms with E-state index in [4.69, 9.17) is 17.3 Å². The summed E-state index contributed by atoms with van der Waals surface area (Å²) in [5.74, 6) is 0. The van der Waals surface area contributed by atoms with E-state index < -0.39 is 0 Å². The predicted octanol–water partition coefficient (Wildman–Crippen LogP) is 2.45. The molecule has 1 aliphatic heterocycles. The third kappa shape index (κ3) is 3.16. The number of likely N-dealkylation sites (N-methyl/N-ethyl adjacent to an activating group) is 1. The van der Waals surface area contributed by atoms with Crippen molar-refractivity contribution in [2.75, 3.05) is 32.4 Å². The lowest BCUT2D eigenvalue weighted by atomic mass is 10.1. The zero-order valence-corrected chi connectivity index (χ0v) is 12.0. The Hall–Kier alpha value is -0.770. The van der Waals surface area contributed by atoms with Crippen molar-refractivity contribution in [1.82, 2.24) is 9.80 Å². The molecular weight excluding hydrogens is 246 g/mol. The average Bonchev–Trinajstić information content (AvgIpc) is 2.36. The Kier molecular flexibility index (Phi) is 4.49. The van der Waals surface area contributed by atoms with Crippen LogP contribution in [0.2, 0.25) is 5.02 Å². The molecule has 0 aromatic heterocycles. The second-order valence-corrected chi connectivity index (χ2v) is 5.56. The van der Waals surface area contributed by atoms with Crippen LogP contribution in [0.1, 0.15) is 18.9 Å². The Morgan fingerprint density at radius 3 is 2.89 bits per heavy atom. The number of anilines is 1. The van der Waals surface area contributed by atoms with Crippen molar-refractivity contribution in [1.29, 1.82) is 0 Å². The number of hydrogen-bond acceptors (Lipinski definition) is 3. The summed E-state index contributed by atoms with van der Waals surface area (Å²) < 4.78 is 0. The Bertz CT molecular complexity index is 408. The first-order valence-electron chi connectivity index (χ1n) is 6.56. The van der Waals surface area contributed by atoms with Crippen LogP contribution in [0.4, 0.5) is 5.69 Å². The summed E-state index contributed by atoms with van der Waals surface area (Å²) in [6.07, 6.45) is 1.19. The minimum absolute atomic E-state index is 0.652. The van der Waals surface area contributed by atoms with E-state index in [2.05, 4.69) is 23.8 Å². The van der Waals surface area contributed by atoms with Crippen LogP contribution in [0.15, 0.2) is 18.2 Å². The molecule has 0 saturated carbocycles. The molecule has 2 N–H and O–H groups in total. The van der Waals surface area contributed by atoms with Gasteiger partial charge in [-0.15, -0.1) is 0 Å². The fraction of sp³-hybridized carbons (Fsp3) is 0.571. The molecule has 1 aliphatic rings. The maximum Gasteiger partial charge on any atom is 0.0410 e. The van der Waals surface area contributed by atoms with E-state index >= 15 is 0 Å². The molecule has 100 valence electrons. The van der Waals surface area contributed by atoms with Gasteiger partial charge in [0.25, 0.3) is 0 Å². The molecular formula is C14H22ClN3. The number of piperazine rings is 1. The maximum atomic E-state index is 6.03. The first-order chi connectivity index (χ1) is 8.60. The second-order valence-electron chi connectivity index (χ2n) is 5.12. The second kappa shape index (κ2) is 5.91. The highest BCUT2D eigenvalue weighted by Gasteiger charge is 2.23. The molecule has 1 aromatic carbocycles. The molecule has 1 aromatic rings. The van der Waals surface area contributed by atoms with Gasteiger partial charge in [0, 0.05) is 42.9 Å². The van der Waals surface area contributed by atoms with Crippen LogP contribution < -0.4 is 5.73 Å². The topological polar surface area (TPSA) is 32.5 Å². The van der Waals surface area contributed by atoms with Crippen molar-refractivity contribution in [3.8, 4) is 0 Å². The molecule has 1 heterocycles. The third-order valence-corrected chi connectivity index (χ3v) is 4.07. The molecule has 0 amide bonds. The van der Waals surface area contributed by atoms with Crippen LogP contribution in [0.25, 0.3) is 0 Å². The van der Waals surface area contributed by atoms with Gasteiger partial charge in [-0.2, -0.15) is 0 Å². The summed E-state index contributed by atoms with van der Waals surface area (Å²) in [4.78, 5) is 4.91. The van der Waals surface area contributed by atoms with E-state index in [1.165, 1.54) is 6.42 Å². The molecule has 1 atom stereocenters. The summed E-state index contributed by atoms with van der Waals surface area (Å²) >= 11 is 6.03. The van der Waals surface area contributed by atoms with Crippen molar-refractivity contribution < 1.29 is 0 Å². The van der Waals surface area contributed by atoms with Crippen LogP contribution in [0, 0.1) is 0 Å². The van der Waals surface area contributed by atoms with Crippen molar-refractivity contribution in [2.24, 2.45) is 0 Å². The Labute approximate surface area is 115 Å². The fourth-order valence-corrected chi connectivity index (χ4v) is 2.74. The molecule has 0 spiro atoms. The molecule has 4 heteroatoms. The van der Waals surface area contributed by atoms with Crippen molar-refractivity contribution >= 4 is 17.3 Å². The summed E-state index contributed by atoms with van der Waals surface area (Å²) in [6.45, 7) is 6.48. The van der Waals surface area contributed by atoms with Gasteiger partial charge in [-0.25, -0.2) is 0 Å². The van der Waals surface area contributed by atoms with Gasteiger partial charge < -0.3 is 10.6 Å². The van der Waals surface area contributed by atoms with E-state index in [0.717, 1.165) is 42.5 Å². The molecule has 18 heavy (non-hydrogen) atoms.